The van der Waals surface area contributed by atoms with Gasteiger partial charge in [0.05, 0.1) is 27.2 Å². The SMILES string of the molecule is CCCCCCCCCCCCCCCCCC[N+](C)(C)CCCCCCCCCCCC.[Br-]. The number of halogens is 1. The quantitative estimate of drug-likeness (QED) is 0.0685. The molecule has 0 heterocycles. The highest BCUT2D eigenvalue weighted by Crippen LogP contribution is 2.15. The van der Waals surface area contributed by atoms with Crippen molar-refractivity contribution in [2.24, 2.45) is 0 Å². The molecule has 0 aromatic heterocycles. The van der Waals surface area contributed by atoms with Crippen LogP contribution in [0.3, 0.4) is 0 Å². The lowest BCUT2D eigenvalue weighted by atomic mass is 10.0. The van der Waals surface area contributed by atoms with Crippen molar-refractivity contribution in [3.63, 3.8) is 0 Å². The molecule has 34 heavy (non-hydrogen) atoms. The Morgan fingerprint density at radius 1 is 0.294 bits per heavy atom. The van der Waals surface area contributed by atoms with E-state index in [0.717, 1.165) is 0 Å². The molecule has 0 spiro atoms. The first-order chi connectivity index (χ1) is 16.1. The fourth-order valence-electron chi connectivity index (χ4n) is 5.23. The molecule has 0 aromatic carbocycles. The number of unbranched alkanes of at least 4 members (excludes halogenated alkanes) is 24. The van der Waals surface area contributed by atoms with Gasteiger partial charge in [-0.3, -0.25) is 0 Å². The average Bonchev–Trinajstić information content (AvgIpc) is 2.80. The summed E-state index contributed by atoms with van der Waals surface area (Å²) in [4.78, 5) is 0. The Labute approximate surface area is 229 Å². The van der Waals surface area contributed by atoms with Crippen LogP contribution in [0.5, 0.6) is 0 Å². The topological polar surface area (TPSA) is 0 Å². The molecule has 1 nitrogen and oxygen atoms in total. The normalized spacial score (nSPS) is 11.6. The second-order valence-corrected chi connectivity index (χ2v) is 11.9. The summed E-state index contributed by atoms with van der Waals surface area (Å²) in [6.45, 7) is 7.38. The maximum atomic E-state index is 2.46. The standard InChI is InChI=1S/C32H68N.BrH/c1-5-7-9-11-13-15-17-18-19-20-21-22-24-26-28-30-32-33(3,4)31-29-27-25-23-16-14-12-10-8-6-2;/h5-32H2,1-4H3;1H/q+1;/p-1. The molecule has 0 bridgehead atoms. The molecule has 0 aliphatic rings. The maximum absolute atomic E-state index is 2.46. The first kappa shape index (κ1) is 36.6. The van der Waals surface area contributed by atoms with Crippen molar-refractivity contribution in [1.29, 1.82) is 0 Å². The van der Waals surface area contributed by atoms with Crippen LogP contribution >= 0.6 is 0 Å². The highest BCUT2D eigenvalue weighted by Gasteiger charge is 2.13. The minimum absolute atomic E-state index is 0. The Hall–Kier alpha value is 0.440. The number of rotatable bonds is 28. The molecule has 208 valence electrons. The van der Waals surface area contributed by atoms with E-state index in [1.54, 1.807) is 0 Å². The second kappa shape index (κ2) is 29.7. The van der Waals surface area contributed by atoms with E-state index in [4.69, 9.17) is 0 Å². The van der Waals surface area contributed by atoms with E-state index in [2.05, 4.69) is 27.9 Å². The van der Waals surface area contributed by atoms with Crippen LogP contribution < -0.4 is 17.0 Å². The smallest absolute Gasteiger partial charge is 0.0782 e. The van der Waals surface area contributed by atoms with Gasteiger partial charge < -0.3 is 21.5 Å². The Balaban J connectivity index is 0. The van der Waals surface area contributed by atoms with Gasteiger partial charge in [-0.1, -0.05) is 155 Å². The lowest BCUT2D eigenvalue weighted by molar-refractivity contribution is -0.890. The predicted molar refractivity (Wildman–Crippen MR) is 153 cm³/mol. The third kappa shape index (κ3) is 30.5. The van der Waals surface area contributed by atoms with Crippen LogP contribution in [-0.2, 0) is 0 Å². The molecule has 0 amide bonds. The lowest BCUT2D eigenvalue weighted by Gasteiger charge is -2.30. The molecular weight excluding hydrogens is 478 g/mol. The van der Waals surface area contributed by atoms with Crippen LogP contribution in [0.2, 0.25) is 0 Å². The fourth-order valence-corrected chi connectivity index (χ4v) is 5.23. The highest BCUT2D eigenvalue weighted by molar-refractivity contribution is 4.51. The molecule has 0 aliphatic carbocycles. The lowest BCUT2D eigenvalue weighted by Crippen LogP contribution is -3.00. The zero-order valence-corrected chi connectivity index (χ0v) is 26.2. The molecule has 0 radical (unpaired) electrons. The molecule has 0 aromatic rings. The van der Waals surface area contributed by atoms with E-state index in [0.29, 0.717) is 0 Å². The minimum atomic E-state index is 0. The van der Waals surface area contributed by atoms with Gasteiger partial charge in [0.25, 0.3) is 0 Å². The third-order valence-electron chi connectivity index (χ3n) is 7.73. The van der Waals surface area contributed by atoms with Gasteiger partial charge in [-0.25, -0.2) is 0 Å². The van der Waals surface area contributed by atoms with Crippen molar-refractivity contribution >= 4 is 0 Å². The van der Waals surface area contributed by atoms with Crippen molar-refractivity contribution in [3.05, 3.63) is 0 Å². The van der Waals surface area contributed by atoms with Crippen molar-refractivity contribution in [3.8, 4) is 0 Å². The van der Waals surface area contributed by atoms with Crippen LogP contribution in [0.15, 0.2) is 0 Å². The number of hydrogen-bond donors (Lipinski definition) is 0. The average molecular weight is 547 g/mol. The summed E-state index contributed by atoms with van der Waals surface area (Å²) in [5.41, 5.74) is 0. The van der Waals surface area contributed by atoms with Gasteiger partial charge in [-0.05, 0) is 25.7 Å². The van der Waals surface area contributed by atoms with Crippen molar-refractivity contribution in [2.45, 2.75) is 181 Å². The molecule has 0 unspecified atom stereocenters. The third-order valence-corrected chi connectivity index (χ3v) is 7.73. The van der Waals surface area contributed by atoms with Crippen molar-refractivity contribution in [1.82, 2.24) is 0 Å². The molecule has 0 aliphatic heterocycles. The van der Waals surface area contributed by atoms with Gasteiger partial charge in [0.15, 0.2) is 0 Å². The van der Waals surface area contributed by atoms with E-state index >= 15 is 0 Å². The Kier molecular flexibility index (Phi) is 31.9. The van der Waals surface area contributed by atoms with Crippen LogP contribution in [-0.4, -0.2) is 31.7 Å². The van der Waals surface area contributed by atoms with Gasteiger partial charge in [0.1, 0.15) is 0 Å². The van der Waals surface area contributed by atoms with Crippen molar-refractivity contribution in [2.75, 3.05) is 27.2 Å². The number of hydrogen-bond acceptors (Lipinski definition) is 0. The molecule has 0 rings (SSSR count). The van der Waals surface area contributed by atoms with E-state index in [9.17, 15) is 0 Å². The summed E-state index contributed by atoms with van der Waals surface area (Å²) in [5, 5.41) is 0. The second-order valence-electron chi connectivity index (χ2n) is 11.9. The zero-order chi connectivity index (χ0) is 24.3. The Bertz CT molecular complexity index is 355. The summed E-state index contributed by atoms with van der Waals surface area (Å²) >= 11 is 0. The van der Waals surface area contributed by atoms with Crippen LogP contribution in [0, 0.1) is 0 Å². The molecule has 0 N–H and O–H groups in total. The summed E-state index contributed by atoms with van der Waals surface area (Å²) < 4.78 is 1.25. The maximum Gasteiger partial charge on any atom is 0.0782 e. The van der Waals surface area contributed by atoms with E-state index in [-0.39, 0.29) is 17.0 Å². The Morgan fingerprint density at radius 3 is 0.676 bits per heavy atom. The first-order valence-electron chi connectivity index (χ1n) is 15.9. The minimum Gasteiger partial charge on any atom is -1.00 e. The summed E-state index contributed by atoms with van der Waals surface area (Å²) in [6, 6.07) is 0. The Morgan fingerprint density at radius 2 is 0.471 bits per heavy atom. The summed E-state index contributed by atoms with van der Waals surface area (Å²) in [7, 11) is 4.91. The molecule has 0 atom stereocenters. The molecule has 0 fully saturated rings. The van der Waals surface area contributed by atoms with Gasteiger partial charge in [0, 0.05) is 0 Å². The van der Waals surface area contributed by atoms with Gasteiger partial charge in [-0.2, -0.15) is 0 Å². The van der Waals surface area contributed by atoms with E-state index < -0.39 is 0 Å². The van der Waals surface area contributed by atoms with E-state index in [1.807, 2.05) is 0 Å². The van der Waals surface area contributed by atoms with E-state index in [1.165, 1.54) is 185 Å². The van der Waals surface area contributed by atoms with Gasteiger partial charge in [-0.15, -0.1) is 0 Å². The molecule has 2 heteroatoms. The van der Waals surface area contributed by atoms with Crippen molar-refractivity contribution < 1.29 is 21.5 Å². The monoisotopic (exact) mass is 545 g/mol. The molecular formula is C32H68BrN. The zero-order valence-electron chi connectivity index (χ0n) is 24.6. The van der Waals surface area contributed by atoms with Crippen LogP contribution in [0.1, 0.15) is 181 Å². The number of quaternary nitrogens is 1. The highest BCUT2D eigenvalue weighted by atomic mass is 79.9. The summed E-state index contributed by atoms with van der Waals surface area (Å²) in [5.74, 6) is 0. The number of nitrogens with zero attached hydrogens (tertiary/aromatic N) is 1. The van der Waals surface area contributed by atoms with Crippen LogP contribution in [0.25, 0.3) is 0 Å². The fraction of sp³-hybridized carbons (Fsp3) is 1.00. The van der Waals surface area contributed by atoms with Crippen LogP contribution in [0.4, 0.5) is 0 Å². The largest absolute Gasteiger partial charge is 1.00 e. The van der Waals surface area contributed by atoms with Gasteiger partial charge in [0.2, 0.25) is 0 Å². The first-order valence-corrected chi connectivity index (χ1v) is 15.9. The summed E-state index contributed by atoms with van der Waals surface area (Å²) in [6.07, 6.45) is 38.0. The van der Waals surface area contributed by atoms with Gasteiger partial charge >= 0.3 is 0 Å². The molecule has 0 saturated carbocycles. The predicted octanol–water partition coefficient (Wildman–Crippen LogP) is 8.25. The molecule has 0 saturated heterocycles.